The number of nitrogens with one attached hydrogen (secondary N) is 2. The van der Waals surface area contributed by atoms with Gasteiger partial charge in [0.2, 0.25) is 5.91 Å². The first-order valence-electron chi connectivity index (χ1n) is 11.8. The van der Waals surface area contributed by atoms with Crippen LogP contribution in [0.1, 0.15) is 40.3 Å². The van der Waals surface area contributed by atoms with Crippen LogP contribution in [-0.2, 0) is 10.2 Å². The number of ether oxygens (including phenoxy) is 1. The van der Waals surface area contributed by atoms with Gasteiger partial charge in [0.05, 0.1) is 18.5 Å². The molecule has 0 bridgehead atoms. The zero-order chi connectivity index (χ0) is 26.5. The Morgan fingerprint density at radius 3 is 2.25 bits per heavy atom. The number of hydrogen-bond acceptors (Lipinski definition) is 4. The van der Waals surface area contributed by atoms with Crippen LogP contribution in [0, 0.1) is 5.92 Å². The maximum Gasteiger partial charge on any atom is 0.322 e. The summed E-state index contributed by atoms with van der Waals surface area (Å²) in [6, 6.07) is 16.3. The van der Waals surface area contributed by atoms with Crippen LogP contribution in [0.25, 0.3) is 5.69 Å². The van der Waals surface area contributed by atoms with Crippen molar-refractivity contribution in [3.8, 4) is 11.4 Å². The fraction of sp³-hybridized carbons (Fsp3) is 0.370. The van der Waals surface area contributed by atoms with Crippen molar-refractivity contribution in [2.75, 3.05) is 30.8 Å². The fourth-order valence-corrected chi connectivity index (χ4v) is 3.77. The average molecular weight is 557 g/mol. The molecule has 0 radical (unpaired) electrons. The molecule has 0 saturated carbocycles. The maximum absolute atomic E-state index is 13.1. The number of carbonyl (C=O) groups excluding carboxylic acids is 2. The fourth-order valence-electron chi connectivity index (χ4n) is 3.51. The Hall–Kier alpha value is -3.33. The Kier molecular flexibility index (Phi) is 8.79. The summed E-state index contributed by atoms with van der Waals surface area (Å²) in [5, 5.41) is 10.6. The molecule has 2 N–H and O–H groups in total. The first-order valence-corrected chi connectivity index (χ1v) is 12.6. The summed E-state index contributed by atoms with van der Waals surface area (Å²) in [6.07, 6.45) is 0. The second-order valence-corrected chi connectivity index (χ2v) is 10.9. The van der Waals surface area contributed by atoms with Crippen molar-refractivity contribution in [2.24, 2.45) is 5.92 Å². The van der Waals surface area contributed by atoms with Crippen LogP contribution in [-0.4, -0.2) is 46.8 Å². The molecule has 1 heterocycles. The summed E-state index contributed by atoms with van der Waals surface area (Å²) in [7, 11) is 1.61. The number of nitrogens with zero attached hydrogens (tertiary/aromatic N) is 3. The minimum atomic E-state index is -0.333. The third kappa shape index (κ3) is 7.34. The molecule has 0 fully saturated rings. The third-order valence-corrected chi connectivity index (χ3v) is 5.89. The lowest BCUT2D eigenvalue weighted by Gasteiger charge is -2.24. The highest BCUT2D eigenvalue weighted by atomic mass is 79.9. The quantitative estimate of drug-likeness (QED) is 0.353. The number of halogens is 1. The summed E-state index contributed by atoms with van der Waals surface area (Å²) >= 11 is 3.39. The number of carbonyl (C=O) groups is 2. The highest BCUT2D eigenvalue weighted by Crippen LogP contribution is 2.27. The molecule has 36 heavy (non-hydrogen) atoms. The summed E-state index contributed by atoms with van der Waals surface area (Å²) < 4.78 is 7.88. The number of hydrogen-bond donors (Lipinski definition) is 2. The van der Waals surface area contributed by atoms with Crippen molar-refractivity contribution in [1.29, 1.82) is 0 Å². The summed E-state index contributed by atoms with van der Waals surface area (Å²) in [5.74, 6) is 1.14. The predicted molar refractivity (Wildman–Crippen MR) is 147 cm³/mol. The number of methoxy groups -OCH3 is 1. The lowest BCUT2D eigenvalue weighted by molar-refractivity contribution is -0.116. The van der Waals surface area contributed by atoms with Crippen LogP contribution in [0.4, 0.5) is 16.3 Å². The van der Waals surface area contributed by atoms with Gasteiger partial charge in [-0.2, -0.15) is 5.10 Å². The van der Waals surface area contributed by atoms with Gasteiger partial charge < -0.3 is 20.3 Å². The van der Waals surface area contributed by atoms with E-state index in [0.29, 0.717) is 18.1 Å². The van der Waals surface area contributed by atoms with Gasteiger partial charge in [-0.3, -0.25) is 4.79 Å². The molecule has 0 spiro atoms. The standard InChI is InChI=1S/C27H34BrN5O3/c1-18(2)16-32(26(35)29-20-9-7-19(28)8-10-20)17-25(34)30-24-15-23(27(3,4)5)31-33(24)21-11-13-22(36-6)14-12-21/h7-15,18H,16-17H2,1-6H3,(H,29,35)(H,30,34). The average Bonchev–Trinajstić information content (AvgIpc) is 3.24. The van der Waals surface area contributed by atoms with Gasteiger partial charge in [0.25, 0.3) is 0 Å². The SMILES string of the molecule is COc1ccc(-n2nc(C(C)(C)C)cc2NC(=O)CN(CC(C)C)C(=O)Nc2ccc(Br)cc2)cc1. The number of benzene rings is 2. The monoisotopic (exact) mass is 555 g/mol. The molecule has 0 saturated heterocycles. The molecule has 0 aliphatic carbocycles. The molecule has 0 aliphatic rings. The minimum absolute atomic E-state index is 0.0980. The Morgan fingerprint density at radius 1 is 1.06 bits per heavy atom. The molecule has 8 nitrogen and oxygen atoms in total. The molecular weight excluding hydrogens is 522 g/mol. The second kappa shape index (κ2) is 11.6. The number of urea groups is 1. The largest absolute Gasteiger partial charge is 0.497 e. The Balaban J connectivity index is 1.81. The molecule has 0 unspecified atom stereocenters. The molecule has 3 amide bonds. The number of anilines is 2. The summed E-state index contributed by atoms with van der Waals surface area (Å²) in [6.45, 7) is 10.5. The van der Waals surface area contributed by atoms with Crippen molar-refractivity contribution in [2.45, 2.75) is 40.0 Å². The topological polar surface area (TPSA) is 88.5 Å². The van der Waals surface area contributed by atoms with Crippen LogP contribution >= 0.6 is 15.9 Å². The Labute approximate surface area is 221 Å². The predicted octanol–water partition coefficient (Wildman–Crippen LogP) is 6.07. The molecule has 9 heteroatoms. The van der Waals surface area contributed by atoms with Gasteiger partial charge in [-0.05, 0) is 54.4 Å². The minimum Gasteiger partial charge on any atom is -0.497 e. The first kappa shape index (κ1) is 27.3. The van der Waals surface area contributed by atoms with Gasteiger partial charge in [0.15, 0.2) is 0 Å². The van der Waals surface area contributed by atoms with Gasteiger partial charge in [-0.1, -0.05) is 50.5 Å². The van der Waals surface area contributed by atoms with E-state index in [0.717, 1.165) is 21.6 Å². The molecule has 0 atom stereocenters. The lowest BCUT2D eigenvalue weighted by atomic mass is 9.92. The number of rotatable bonds is 8. The highest BCUT2D eigenvalue weighted by Gasteiger charge is 2.23. The Bertz CT molecular complexity index is 1180. The van der Waals surface area contributed by atoms with E-state index in [1.165, 1.54) is 4.90 Å². The smallest absolute Gasteiger partial charge is 0.322 e. The van der Waals surface area contributed by atoms with E-state index in [1.807, 2.05) is 56.3 Å². The zero-order valence-electron chi connectivity index (χ0n) is 21.6. The van der Waals surface area contributed by atoms with Crippen molar-refractivity contribution < 1.29 is 14.3 Å². The molecule has 1 aromatic heterocycles. The van der Waals surface area contributed by atoms with Gasteiger partial charge in [-0.25, -0.2) is 9.48 Å². The normalized spacial score (nSPS) is 11.3. The van der Waals surface area contributed by atoms with Crippen molar-refractivity contribution >= 4 is 39.4 Å². The van der Waals surface area contributed by atoms with Gasteiger partial charge in [0, 0.05) is 28.2 Å². The van der Waals surface area contributed by atoms with Gasteiger partial charge in [-0.15, -0.1) is 0 Å². The van der Waals surface area contributed by atoms with E-state index in [4.69, 9.17) is 9.84 Å². The summed E-state index contributed by atoms with van der Waals surface area (Å²) in [5.41, 5.74) is 2.06. The molecule has 192 valence electrons. The zero-order valence-corrected chi connectivity index (χ0v) is 23.2. The lowest BCUT2D eigenvalue weighted by Crippen LogP contribution is -2.42. The summed E-state index contributed by atoms with van der Waals surface area (Å²) in [4.78, 5) is 27.7. The third-order valence-electron chi connectivity index (χ3n) is 5.36. The van der Waals surface area contributed by atoms with Crippen LogP contribution < -0.4 is 15.4 Å². The highest BCUT2D eigenvalue weighted by molar-refractivity contribution is 9.10. The molecule has 3 rings (SSSR count). The molecular formula is C27H34BrN5O3. The van der Waals surface area contributed by atoms with Crippen molar-refractivity contribution in [3.05, 3.63) is 64.8 Å². The number of amides is 3. The molecule has 2 aromatic carbocycles. The van der Waals surface area contributed by atoms with E-state index >= 15 is 0 Å². The maximum atomic E-state index is 13.1. The van der Waals surface area contributed by atoms with Gasteiger partial charge >= 0.3 is 6.03 Å². The van der Waals surface area contributed by atoms with E-state index in [1.54, 1.807) is 23.9 Å². The van der Waals surface area contributed by atoms with Gasteiger partial charge in [0.1, 0.15) is 18.1 Å². The molecule has 0 aliphatic heterocycles. The van der Waals surface area contributed by atoms with E-state index in [-0.39, 0.29) is 29.8 Å². The first-order chi connectivity index (χ1) is 17.0. The van der Waals surface area contributed by atoms with E-state index in [9.17, 15) is 9.59 Å². The van der Waals surface area contributed by atoms with Crippen LogP contribution in [0.15, 0.2) is 59.1 Å². The van der Waals surface area contributed by atoms with E-state index < -0.39 is 0 Å². The second-order valence-electron chi connectivity index (χ2n) is 10.0. The van der Waals surface area contributed by atoms with Crippen molar-refractivity contribution in [1.82, 2.24) is 14.7 Å². The Morgan fingerprint density at radius 2 is 1.69 bits per heavy atom. The number of aromatic nitrogens is 2. The van der Waals surface area contributed by atoms with Crippen LogP contribution in [0.3, 0.4) is 0 Å². The van der Waals surface area contributed by atoms with E-state index in [2.05, 4.69) is 47.3 Å². The van der Waals surface area contributed by atoms with Crippen LogP contribution in [0.5, 0.6) is 5.75 Å². The van der Waals surface area contributed by atoms with Crippen LogP contribution in [0.2, 0.25) is 0 Å². The molecule has 3 aromatic rings. The van der Waals surface area contributed by atoms with Crippen molar-refractivity contribution in [3.63, 3.8) is 0 Å².